The number of para-hydroxylation sites is 1. The molecule has 94 valence electrons. The van der Waals surface area contributed by atoms with E-state index in [-0.39, 0.29) is 12.3 Å². The molecule has 0 saturated carbocycles. The van der Waals surface area contributed by atoms with Crippen molar-refractivity contribution in [3.8, 4) is 0 Å². The standard InChI is InChI=1S/C12H12N2O3S/c1-7-4-2-3-5-8(7)13-10(15)6-9-11(16)14-12(17)18-9/h2-5,9H,6H2,1H3,(H,13,15)(H,14,16,17). The van der Waals surface area contributed by atoms with Gasteiger partial charge >= 0.3 is 0 Å². The van der Waals surface area contributed by atoms with E-state index in [9.17, 15) is 14.4 Å². The van der Waals surface area contributed by atoms with Gasteiger partial charge in [0.2, 0.25) is 11.8 Å². The smallest absolute Gasteiger partial charge is 0.286 e. The Hall–Kier alpha value is -1.82. The van der Waals surface area contributed by atoms with E-state index in [2.05, 4.69) is 10.6 Å². The summed E-state index contributed by atoms with van der Waals surface area (Å²) in [6.07, 6.45) is -0.00340. The maximum Gasteiger partial charge on any atom is 0.286 e. The van der Waals surface area contributed by atoms with Crippen molar-refractivity contribution in [2.45, 2.75) is 18.6 Å². The Labute approximate surface area is 108 Å². The summed E-state index contributed by atoms with van der Waals surface area (Å²) in [5.41, 5.74) is 1.67. The highest BCUT2D eigenvalue weighted by Crippen LogP contribution is 2.22. The van der Waals surface area contributed by atoms with E-state index >= 15 is 0 Å². The van der Waals surface area contributed by atoms with Crippen molar-refractivity contribution >= 4 is 34.5 Å². The van der Waals surface area contributed by atoms with Gasteiger partial charge in [-0.2, -0.15) is 0 Å². The van der Waals surface area contributed by atoms with Gasteiger partial charge in [-0.3, -0.25) is 19.7 Å². The Balaban J connectivity index is 1.95. The zero-order valence-corrected chi connectivity index (χ0v) is 10.5. The summed E-state index contributed by atoms with van der Waals surface area (Å²) in [5.74, 6) is -0.670. The van der Waals surface area contributed by atoms with Gasteiger partial charge in [-0.15, -0.1) is 0 Å². The molecule has 0 aromatic heterocycles. The third-order valence-electron chi connectivity index (χ3n) is 2.56. The van der Waals surface area contributed by atoms with Gasteiger partial charge in [0, 0.05) is 12.1 Å². The number of hydrogen-bond acceptors (Lipinski definition) is 4. The van der Waals surface area contributed by atoms with Crippen LogP contribution in [0.25, 0.3) is 0 Å². The van der Waals surface area contributed by atoms with Crippen molar-refractivity contribution in [1.29, 1.82) is 0 Å². The summed E-state index contributed by atoms with van der Waals surface area (Å²) in [7, 11) is 0. The molecule has 18 heavy (non-hydrogen) atoms. The van der Waals surface area contributed by atoms with E-state index in [1.165, 1.54) is 0 Å². The van der Waals surface area contributed by atoms with Crippen molar-refractivity contribution in [2.24, 2.45) is 0 Å². The molecule has 0 radical (unpaired) electrons. The van der Waals surface area contributed by atoms with Crippen molar-refractivity contribution < 1.29 is 14.4 Å². The van der Waals surface area contributed by atoms with Crippen molar-refractivity contribution in [3.63, 3.8) is 0 Å². The minimum Gasteiger partial charge on any atom is -0.326 e. The number of carbonyl (C=O) groups excluding carboxylic acids is 3. The number of anilines is 1. The van der Waals surface area contributed by atoms with Crippen LogP contribution in [0.1, 0.15) is 12.0 Å². The highest BCUT2D eigenvalue weighted by atomic mass is 32.2. The summed E-state index contributed by atoms with van der Waals surface area (Å²) in [5, 5.41) is 3.86. The zero-order valence-electron chi connectivity index (χ0n) is 9.73. The average molecular weight is 264 g/mol. The Kier molecular flexibility index (Phi) is 3.66. The first-order chi connectivity index (χ1) is 8.56. The molecule has 1 fully saturated rings. The molecule has 2 N–H and O–H groups in total. The second kappa shape index (κ2) is 5.22. The molecular formula is C12H12N2O3S. The number of hydrogen-bond donors (Lipinski definition) is 2. The van der Waals surface area contributed by atoms with Gasteiger partial charge in [0.05, 0.1) is 0 Å². The normalized spacial score (nSPS) is 18.6. The van der Waals surface area contributed by atoms with Crippen molar-refractivity contribution in [2.75, 3.05) is 5.32 Å². The van der Waals surface area contributed by atoms with E-state index in [0.29, 0.717) is 0 Å². The molecular weight excluding hydrogens is 252 g/mol. The van der Waals surface area contributed by atoms with Crippen LogP contribution < -0.4 is 10.6 Å². The molecule has 1 saturated heterocycles. The lowest BCUT2D eigenvalue weighted by Crippen LogP contribution is -2.27. The molecule has 1 unspecified atom stereocenters. The number of thioether (sulfide) groups is 1. The fourth-order valence-corrected chi connectivity index (χ4v) is 2.43. The van der Waals surface area contributed by atoms with E-state index in [4.69, 9.17) is 0 Å². The number of benzene rings is 1. The Morgan fingerprint density at radius 3 is 2.72 bits per heavy atom. The Morgan fingerprint density at radius 1 is 1.39 bits per heavy atom. The lowest BCUT2D eigenvalue weighted by molar-refractivity contribution is -0.122. The molecule has 6 heteroatoms. The maximum absolute atomic E-state index is 11.8. The van der Waals surface area contributed by atoms with E-state index < -0.39 is 16.4 Å². The van der Waals surface area contributed by atoms with E-state index in [1.807, 2.05) is 25.1 Å². The fraction of sp³-hybridized carbons (Fsp3) is 0.250. The molecule has 1 aromatic rings. The van der Waals surface area contributed by atoms with Crippen LogP contribution in [0.2, 0.25) is 0 Å². The molecule has 0 aliphatic carbocycles. The molecule has 5 nitrogen and oxygen atoms in total. The van der Waals surface area contributed by atoms with Gasteiger partial charge in [-0.25, -0.2) is 0 Å². The second-order valence-corrected chi connectivity index (χ2v) is 5.13. The number of imide groups is 1. The van der Waals surface area contributed by atoms with E-state index in [0.717, 1.165) is 23.0 Å². The third-order valence-corrected chi connectivity index (χ3v) is 3.54. The topological polar surface area (TPSA) is 75.3 Å². The Bertz CT molecular complexity index is 516. The molecule has 0 bridgehead atoms. The SMILES string of the molecule is Cc1ccccc1NC(=O)CC1SC(=O)NC1=O. The number of aryl methyl sites for hydroxylation is 1. The minimum absolute atomic E-state index is 0.00340. The lowest BCUT2D eigenvalue weighted by atomic mass is 10.2. The Morgan fingerprint density at radius 2 is 2.11 bits per heavy atom. The maximum atomic E-state index is 11.8. The fourth-order valence-electron chi connectivity index (χ4n) is 1.61. The van der Waals surface area contributed by atoms with Gasteiger partial charge in [-0.1, -0.05) is 30.0 Å². The number of amides is 3. The van der Waals surface area contributed by atoms with Crippen LogP contribution in [-0.4, -0.2) is 22.3 Å². The first-order valence-corrected chi connectivity index (χ1v) is 6.31. The molecule has 1 atom stereocenters. The highest BCUT2D eigenvalue weighted by Gasteiger charge is 2.33. The second-order valence-electron chi connectivity index (χ2n) is 3.95. The summed E-state index contributed by atoms with van der Waals surface area (Å²) >= 11 is 0.856. The van der Waals surface area contributed by atoms with Crippen molar-refractivity contribution in [3.05, 3.63) is 29.8 Å². The third kappa shape index (κ3) is 2.89. The van der Waals surface area contributed by atoms with Crippen LogP contribution in [-0.2, 0) is 9.59 Å². The largest absolute Gasteiger partial charge is 0.326 e. The van der Waals surface area contributed by atoms with Gasteiger partial charge in [0.25, 0.3) is 5.24 Å². The van der Waals surface area contributed by atoms with Crippen LogP contribution in [0.15, 0.2) is 24.3 Å². The van der Waals surface area contributed by atoms with E-state index in [1.54, 1.807) is 6.07 Å². The van der Waals surface area contributed by atoms with Crippen LogP contribution in [0.3, 0.4) is 0 Å². The minimum atomic E-state index is -0.624. The predicted molar refractivity (Wildman–Crippen MR) is 69.3 cm³/mol. The van der Waals surface area contributed by atoms with Gasteiger partial charge in [0.15, 0.2) is 0 Å². The molecule has 3 amide bonds. The van der Waals surface area contributed by atoms with Gasteiger partial charge in [0.1, 0.15) is 5.25 Å². The number of nitrogens with one attached hydrogen (secondary N) is 2. The quantitative estimate of drug-likeness (QED) is 0.871. The number of carbonyl (C=O) groups is 3. The number of rotatable bonds is 3. The zero-order chi connectivity index (χ0) is 13.1. The van der Waals surface area contributed by atoms with Gasteiger partial charge < -0.3 is 5.32 Å². The lowest BCUT2D eigenvalue weighted by Gasteiger charge is -2.09. The summed E-state index contributed by atoms with van der Waals surface area (Å²) in [4.78, 5) is 34.0. The first-order valence-electron chi connectivity index (χ1n) is 5.43. The summed E-state index contributed by atoms with van der Waals surface area (Å²) in [6.45, 7) is 1.89. The molecule has 1 aromatic carbocycles. The first kappa shape index (κ1) is 12.6. The molecule has 2 rings (SSSR count). The molecule has 0 spiro atoms. The monoisotopic (exact) mass is 264 g/mol. The van der Waals surface area contributed by atoms with Gasteiger partial charge in [-0.05, 0) is 18.6 Å². The van der Waals surface area contributed by atoms with Crippen LogP contribution in [0.4, 0.5) is 10.5 Å². The summed E-state index contributed by atoms with van der Waals surface area (Å²) in [6, 6.07) is 7.38. The predicted octanol–water partition coefficient (Wildman–Crippen LogP) is 1.68. The van der Waals surface area contributed by atoms with Crippen molar-refractivity contribution in [1.82, 2.24) is 5.32 Å². The molecule has 1 aliphatic rings. The molecule has 1 heterocycles. The highest BCUT2D eigenvalue weighted by molar-refractivity contribution is 8.15. The van der Waals surface area contributed by atoms with Crippen LogP contribution >= 0.6 is 11.8 Å². The van der Waals surface area contributed by atoms with Crippen LogP contribution in [0.5, 0.6) is 0 Å². The van der Waals surface area contributed by atoms with Crippen LogP contribution in [0, 0.1) is 6.92 Å². The average Bonchev–Trinajstić information content (AvgIpc) is 2.61. The molecule has 1 aliphatic heterocycles. The summed E-state index contributed by atoms with van der Waals surface area (Å²) < 4.78 is 0.